The molecule has 2 rings (SSSR count). The van der Waals surface area contributed by atoms with Crippen molar-refractivity contribution >= 4 is 31.9 Å². The summed E-state index contributed by atoms with van der Waals surface area (Å²) < 4.78 is 20.1. The lowest BCUT2D eigenvalue weighted by Gasteiger charge is -2.12. The summed E-state index contributed by atoms with van der Waals surface area (Å²) in [5.41, 5.74) is 6.83. The predicted octanol–water partition coefficient (Wildman–Crippen LogP) is 5.16. The molecule has 0 fully saturated rings. The molecule has 0 bridgehead atoms. The monoisotopic (exact) mass is 387 g/mol. The third kappa shape index (κ3) is 3.55. The van der Waals surface area contributed by atoms with Gasteiger partial charge in [-0.25, -0.2) is 4.39 Å². The maximum Gasteiger partial charge on any atom is 0.141 e. The van der Waals surface area contributed by atoms with Crippen molar-refractivity contribution in [3.63, 3.8) is 0 Å². The lowest BCUT2D eigenvalue weighted by molar-refractivity contribution is 0.474. The van der Waals surface area contributed by atoms with E-state index >= 15 is 0 Å². The average molecular weight is 389 g/mol. The highest BCUT2D eigenvalue weighted by molar-refractivity contribution is 9.11. The van der Waals surface area contributed by atoms with Gasteiger partial charge in [0.2, 0.25) is 0 Å². The van der Waals surface area contributed by atoms with E-state index in [2.05, 4.69) is 31.9 Å². The van der Waals surface area contributed by atoms with Crippen LogP contribution in [0, 0.1) is 5.82 Å². The molecule has 0 unspecified atom stereocenters. The molecule has 0 saturated carbocycles. The van der Waals surface area contributed by atoms with Gasteiger partial charge in [-0.2, -0.15) is 0 Å². The van der Waals surface area contributed by atoms with Gasteiger partial charge < -0.3 is 10.5 Å². The molecular weight excluding hydrogens is 377 g/mol. The molecular formula is C14H12Br2FNO. The second-order valence-corrected chi connectivity index (χ2v) is 5.86. The fourth-order valence-electron chi connectivity index (χ4n) is 1.56. The molecule has 2 nitrogen and oxygen atoms in total. The lowest BCUT2D eigenvalue weighted by Crippen LogP contribution is -2.04. The minimum Gasteiger partial charge on any atom is -0.455 e. The van der Waals surface area contributed by atoms with Crippen molar-refractivity contribution in [3.05, 3.63) is 56.7 Å². The van der Waals surface area contributed by atoms with Crippen molar-refractivity contribution < 1.29 is 9.13 Å². The Balaban J connectivity index is 2.28. The van der Waals surface area contributed by atoms with Crippen LogP contribution >= 0.6 is 31.9 Å². The number of ether oxygens (including phenoxy) is 1. The van der Waals surface area contributed by atoms with Crippen molar-refractivity contribution in [2.24, 2.45) is 5.73 Å². The van der Waals surface area contributed by atoms with Crippen LogP contribution in [0.5, 0.6) is 11.5 Å². The number of hydrogen-bond acceptors (Lipinski definition) is 2. The van der Waals surface area contributed by atoms with E-state index in [0.29, 0.717) is 16.0 Å². The van der Waals surface area contributed by atoms with Gasteiger partial charge in [-0.3, -0.25) is 0 Å². The molecule has 2 aromatic rings. The molecule has 2 aromatic carbocycles. The first-order valence-electron chi connectivity index (χ1n) is 5.65. The second kappa shape index (κ2) is 6.03. The van der Waals surface area contributed by atoms with Crippen LogP contribution < -0.4 is 10.5 Å². The van der Waals surface area contributed by atoms with Crippen LogP contribution in [0.15, 0.2) is 45.3 Å². The van der Waals surface area contributed by atoms with Gasteiger partial charge in [-0.15, -0.1) is 0 Å². The van der Waals surface area contributed by atoms with Crippen molar-refractivity contribution in [1.29, 1.82) is 0 Å². The third-order valence-electron chi connectivity index (χ3n) is 2.60. The van der Waals surface area contributed by atoms with E-state index in [1.807, 2.05) is 25.1 Å². The van der Waals surface area contributed by atoms with Crippen molar-refractivity contribution in [3.8, 4) is 11.5 Å². The van der Waals surface area contributed by atoms with Crippen LogP contribution in [0.25, 0.3) is 0 Å². The molecule has 0 heterocycles. The second-order valence-electron chi connectivity index (χ2n) is 4.16. The minimum absolute atomic E-state index is 0.0390. The van der Waals surface area contributed by atoms with Crippen LogP contribution in [0.4, 0.5) is 4.39 Å². The van der Waals surface area contributed by atoms with Crippen molar-refractivity contribution in [1.82, 2.24) is 0 Å². The van der Waals surface area contributed by atoms with E-state index in [0.717, 1.165) is 10.0 Å². The highest BCUT2D eigenvalue weighted by Gasteiger charge is 2.09. The molecule has 0 amide bonds. The summed E-state index contributed by atoms with van der Waals surface area (Å²) >= 11 is 6.71. The zero-order valence-corrected chi connectivity index (χ0v) is 13.3. The molecule has 1 atom stereocenters. The predicted molar refractivity (Wildman–Crippen MR) is 80.9 cm³/mol. The van der Waals surface area contributed by atoms with Crippen LogP contribution in [-0.2, 0) is 0 Å². The summed E-state index contributed by atoms with van der Waals surface area (Å²) in [4.78, 5) is 0. The molecule has 0 spiro atoms. The normalized spacial score (nSPS) is 12.3. The first-order valence-corrected chi connectivity index (χ1v) is 7.24. The molecule has 5 heteroatoms. The van der Waals surface area contributed by atoms with E-state index < -0.39 is 0 Å². The molecule has 0 saturated heterocycles. The first-order chi connectivity index (χ1) is 8.97. The van der Waals surface area contributed by atoms with Gasteiger partial charge in [0.05, 0.1) is 8.95 Å². The molecule has 0 radical (unpaired) electrons. The van der Waals surface area contributed by atoms with Gasteiger partial charge in [0, 0.05) is 6.04 Å². The molecule has 2 N–H and O–H groups in total. The van der Waals surface area contributed by atoms with Crippen molar-refractivity contribution in [2.75, 3.05) is 0 Å². The van der Waals surface area contributed by atoms with Gasteiger partial charge in [0.25, 0.3) is 0 Å². The quantitative estimate of drug-likeness (QED) is 0.787. The zero-order chi connectivity index (χ0) is 14.0. The van der Waals surface area contributed by atoms with Crippen molar-refractivity contribution in [2.45, 2.75) is 13.0 Å². The van der Waals surface area contributed by atoms with E-state index in [4.69, 9.17) is 10.5 Å². The summed E-state index contributed by atoms with van der Waals surface area (Å²) in [5, 5.41) is 0. The maximum absolute atomic E-state index is 13.0. The smallest absolute Gasteiger partial charge is 0.141 e. The zero-order valence-electron chi connectivity index (χ0n) is 10.2. The van der Waals surface area contributed by atoms with Gasteiger partial charge in [-0.1, -0.05) is 6.07 Å². The molecule has 0 aliphatic heterocycles. The first kappa shape index (κ1) is 14.5. The number of halogens is 3. The van der Waals surface area contributed by atoms with Crippen LogP contribution in [-0.4, -0.2) is 0 Å². The molecule has 0 aliphatic carbocycles. The van der Waals surface area contributed by atoms with Gasteiger partial charge in [0.15, 0.2) is 0 Å². The Kier molecular flexibility index (Phi) is 4.60. The Morgan fingerprint density at radius 1 is 1.05 bits per heavy atom. The third-order valence-corrected chi connectivity index (χ3v) is 3.83. The standard InChI is InChI=1S/C14H12Br2FNO/c1-8(18)9-2-4-13(11(15)6-9)19-14-5-3-10(17)7-12(14)16/h2-8H,18H2,1H3/t8-/m0/s1. The number of benzene rings is 2. The topological polar surface area (TPSA) is 35.2 Å². The highest BCUT2D eigenvalue weighted by atomic mass is 79.9. The summed E-state index contributed by atoms with van der Waals surface area (Å²) in [5.74, 6) is 0.887. The fraction of sp³-hybridized carbons (Fsp3) is 0.143. The molecule has 0 aromatic heterocycles. The van der Waals surface area contributed by atoms with E-state index in [9.17, 15) is 4.39 Å². The maximum atomic E-state index is 13.0. The Hall–Kier alpha value is -0.910. The minimum atomic E-state index is -0.314. The number of hydrogen-bond donors (Lipinski definition) is 1. The Morgan fingerprint density at radius 3 is 2.16 bits per heavy atom. The Morgan fingerprint density at radius 2 is 1.63 bits per heavy atom. The molecule has 19 heavy (non-hydrogen) atoms. The summed E-state index contributed by atoms with van der Waals surface area (Å²) in [6.45, 7) is 1.92. The van der Waals surface area contributed by atoms with Crippen LogP contribution in [0.2, 0.25) is 0 Å². The summed E-state index contributed by atoms with van der Waals surface area (Å²) in [7, 11) is 0. The van der Waals surface area contributed by atoms with Gasteiger partial charge in [-0.05, 0) is 74.7 Å². The summed E-state index contributed by atoms with van der Waals surface area (Å²) in [6, 6.07) is 9.90. The van der Waals surface area contributed by atoms with Crippen LogP contribution in [0.1, 0.15) is 18.5 Å². The Bertz CT molecular complexity index is 602. The fourth-order valence-corrected chi connectivity index (χ4v) is 2.47. The van der Waals surface area contributed by atoms with E-state index in [-0.39, 0.29) is 11.9 Å². The Labute approximate surface area is 128 Å². The summed E-state index contributed by atoms with van der Waals surface area (Å²) in [6.07, 6.45) is 0. The number of rotatable bonds is 3. The largest absolute Gasteiger partial charge is 0.455 e. The number of nitrogens with two attached hydrogens (primary N) is 1. The van der Waals surface area contributed by atoms with Crippen LogP contribution in [0.3, 0.4) is 0 Å². The highest BCUT2D eigenvalue weighted by Crippen LogP contribution is 2.35. The SMILES string of the molecule is C[C@H](N)c1ccc(Oc2ccc(F)cc2Br)c(Br)c1. The van der Waals surface area contributed by atoms with E-state index in [1.54, 1.807) is 6.07 Å². The van der Waals surface area contributed by atoms with Gasteiger partial charge in [0.1, 0.15) is 17.3 Å². The molecule has 0 aliphatic rings. The molecule has 100 valence electrons. The van der Waals surface area contributed by atoms with Gasteiger partial charge >= 0.3 is 0 Å². The van der Waals surface area contributed by atoms with E-state index in [1.165, 1.54) is 12.1 Å². The average Bonchev–Trinajstić information content (AvgIpc) is 2.34. The lowest BCUT2D eigenvalue weighted by atomic mass is 10.1.